The van der Waals surface area contributed by atoms with E-state index >= 15 is 0 Å². The van der Waals surface area contributed by atoms with Gasteiger partial charge in [-0.05, 0) is 39.2 Å². The van der Waals surface area contributed by atoms with Crippen molar-refractivity contribution < 1.29 is 9.53 Å². The molecule has 86 valence electrons. The zero-order valence-corrected chi connectivity index (χ0v) is 9.79. The Bertz CT molecular complexity index is 244. The normalized spacial score (nSPS) is 31.6. The second-order valence-electron chi connectivity index (χ2n) is 5.05. The van der Waals surface area contributed by atoms with E-state index < -0.39 is 0 Å². The number of ether oxygens (including phenoxy) is 1. The van der Waals surface area contributed by atoms with Crippen LogP contribution in [-0.4, -0.2) is 36.6 Å². The number of piperidine rings is 1. The van der Waals surface area contributed by atoms with Gasteiger partial charge in [-0.25, -0.2) is 0 Å². The van der Waals surface area contributed by atoms with Crippen molar-refractivity contribution >= 4 is 5.97 Å². The molecule has 1 unspecified atom stereocenters. The average Bonchev–Trinajstić information content (AvgIpc) is 2.23. The smallest absolute Gasteiger partial charge is 0.309 e. The first-order valence-corrected chi connectivity index (χ1v) is 6.06. The van der Waals surface area contributed by atoms with E-state index in [4.69, 9.17) is 4.74 Å². The summed E-state index contributed by atoms with van der Waals surface area (Å²) in [5, 5.41) is 0. The quantitative estimate of drug-likeness (QED) is 0.620. The molecule has 0 amide bonds. The van der Waals surface area contributed by atoms with Crippen LogP contribution in [0.2, 0.25) is 0 Å². The van der Waals surface area contributed by atoms with Crippen LogP contribution >= 0.6 is 0 Å². The first-order chi connectivity index (χ1) is 7.15. The number of likely N-dealkylation sites (tertiary alicyclic amines) is 1. The Kier molecular flexibility index (Phi) is 3.01. The molecular formula is C12H21NO2. The van der Waals surface area contributed by atoms with Gasteiger partial charge in [0.25, 0.3) is 0 Å². The maximum absolute atomic E-state index is 11.7. The van der Waals surface area contributed by atoms with Gasteiger partial charge in [-0.15, -0.1) is 0 Å². The third-order valence-electron chi connectivity index (χ3n) is 3.99. The lowest BCUT2D eigenvalue weighted by Crippen LogP contribution is -2.49. The number of carbonyl (C=O) groups excluding carboxylic acids is 1. The highest BCUT2D eigenvalue weighted by Gasteiger charge is 2.42. The van der Waals surface area contributed by atoms with Gasteiger partial charge in [0.2, 0.25) is 0 Å². The topological polar surface area (TPSA) is 29.5 Å². The van der Waals surface area contributed by atoms with Crippen molar-refractivity contribution in [2.24, 2.45) is 5.92 Å². The van der Waals surface area contributed by atoms with Crippen molar-refractivity contribution in [2.75, 3.05) is 20.1 Å². The Hall–Kier alpha value is -0.570. The Labute approximate surface area is 91.8 Å². The number of nitrogens with zero attached hydrogens (tertiary/aromatic N) is 1. The van der Waals surface area contributed by atoms with Crippen molar-refractivity contribution in [3.05, 3.63) is 0 Å². The second-order valence-corrected chi connectivity index (χ2v) is 5.05. The molecule has 1 atom stereocenters. The average molecular weight is 211 g/mol. The minimum atomic E-state index is -0.102. The molecule has 2 saturated heterocycles. The number of rotatable bonds is 1. The van der Waals surface area contributed by atoms with E-state index in [0.29, 0.717) is 0 Å². The van der Waals surface area contributed by atoms with E-state index in [-0.39, 0.29) is 17.5 Å². The lowest BCUT2D eigenvalue weighted by Gasteiger charge is -2.44. The predicted molar refractivity (Wildman–Crippen MR) is 58.6 cm³/mol. The van der Waals surface area contributed by atoms with Crippen LogP contribution < -0.4 is 0 Å². The summed E-state index contributed by atoms with van der Waals surface area (Å²) in [4.78, 5) is 14.1. The van der Waals surface area contributed by atoms with Crippen molar-refractivity contribution in [2.45, 2.75) is 44.6 Å². The standard InChI is InChI=1S/C12H21NO2/c1-3-10-4-5-12(15-11(10)14)6-8-13(2)9-7-12/h10H,3-9H2,1-2H3. The molecular weight excluding hydrogens is 190 g/mol. The van der Waals surface area contributed by atoms with E-state index in [1.807, 2.05) is 0 Å². The van der Waals surface area contributed by atoms with Crippen LogP contribution in [-0.2, 0) is 9.53 Å². The van der Waals surface area contributed by atoms with E-state index in [0.717, 1.165) is 45.2 Å². The summed E-state index contributed by atoms with van der Waals surface area (Å²) in [5.41, 5.74) is -0.102. The van der Waals surface area contributed by atoms with E-state index in [1.54, 1.807) is 0 Å². The van der Waals surface area contributed by atoms with Crippen LogP contribution in [0.5, 0.6) is 0 Å². The molecule has 0 N–H and O–H groups in total. The largest absolute Gasteiger partial charge is 0.459 e. The lowest BCUT2D eigenvalue weighted by molar-refractivity contribution is -0.180. The van der Waals surface area contributed by atoms with Gasteiger partial charge in [0.15, 0.2) is 0 Å². The van der Waals surface area contributed by atoms with E-state index in [2.05, 4.69) is 18.9 Å². The Balaban J connectivity index is 1.98. The zero-order chi connectivity index (χ0) is 10.9. The SMILES string of the molecule is CCC1CCC2(CCN(C)CC2)OC1=O. The van der Waals surface area contributed by atoms with Crippen LogP contribution in [0.1, 0.15) is 39.0 Å². The molecule has 0 aromatic rings. The van der Waals surface area contributed by atoms with Gasteiger partial charge < -0.3 is 9.64 Å². The molecule has 2 heterocycles. The summed E-state index contributed by atoms with van der Waals surface area (Å²) >= 11 is 0. The molecule has 0 aromatic carbocycles. The third-order valence-corrected chi connectivity index (χ3v) is 3.99. The minimum Gasteiger partial charge on any atom is -0.459 e. The molecule has 2 fully saturated rings. The van der Waals surface area contributed by atoms with Crippen LogP contribution in [0.25, 0.3) is 0 Å². The highest BCUT2D eigenvalue weighted by atomic mass is 16.6. The Morgan fingerprint density at radius 1 is 1.40 bits per heavy atom. The van der Waals surface area contributed by atoms with E-state index in [9.17, 15) is 4.79 Å². The maximum Gasteiger partial charge on any atom is 0.309 e. The molecule has 0 aromatic heterocycles. The van der Waals surface area contributed by atoms with Crippen LogP contribution in [0.4, 0.5) is 0 Å². The Morgan fingerprint density at radius 3 is 2.60 bits per heavy atom. The Morgan fingerprint density at radius 2 is 2.07 bits per heavy atom. The fraction of sp³-hybridized carbons (Fsp3) is 0.917. The summed E-state index contributed by atoms with van der Waals surface area (Å²) in [6.45, 7) is 4.19. The van der Waals surface area contributed by atoms with Crippen molar-refractivity contribution in [3.8, 4) is 0 Å². The summed E-state index contributed by atoms with van der Waals surface area (Å²) in [7, 11) is 2.13. The molecule has 1 spiro atoms. The highest BCUT2D eigenvalue weighted by Crippen LogP contribution is 2.37. The van der Waals surface area contributed by atoms with Crippen molar-refractivity contribution in [3.63, 3.8) is 0 Å². The number of carbonyl (C=O) groups is 1. The minimum absolute atomic E-state index is 0.0494. The highest BCUT2D eigenvalue weighted by molar-refractivity contribution is 5.73. The van der Waals surface area contributed by atoms with Gasteiger partial charge >= 0.3 is 5.97 Å². The zero-order valence-electron chi connectivity index (χ0n) is 9.79. The monoisotopic (exact) mass is 211 g/mol. The molecule has 15 heavy (non-hydrogen) atoms. The van der Waals surface area contributed by atoms with Gasteiger partial charge in [-0.3, -0.25) is 4.79 Å². The van der Waals surface area contributed by atoms with Gasteiger partial charge in [-0.1, -0.05) is 6.92 Å². The third kappa shape index (κ3) is 2.17. The summed E-state index contributed by atoms with van der Waals surface area (Å²) in [5.74, 6) is 0.212. The summed E-state index contributed by atoms with van der Waals surface area (Å²) in [6, 6.07) is 0. The fourth-order valence-corrected chi connectivity index (χ4v) is 2.65. The van der Waals surface area contributed by atoms with Crippen LogP contribution in [0.15, 0.2) is 0 Å². The van der Waals surface area contributed by atoms with Crippen molar-refractivity contribution in [1.29, 1.82) is 0 Å². The molecule has 3 nitrogen and oxygen atoms in total. The molecule has 2 aliphatic rings. The lowest BCUT2D eigenvalue weighted by atomic mass is 9.81. The molecule has 3 heteroatoms. The van der Waals surface area contributed by atoms with Crippen LogP contribution in [0, 0.1) is 5.92 Å². The van der Waals surface area contributed by atoms with E-state index in [1.165, 1.54) is 0 Å². The molecule has 0 saturated carbocycles. The number of hydrogen-bond acceptors (Lipinski definition) is 3. The number of esters is 1. The molecule has 2 aliphatic heterocycles. The molecule has 0 radical (unpaired) electrons. The molecule has 2 rings (SSSR count). The van der Waals surface area contributed by atoms with Gasteiger partial charge in [-0.2, -0.15) is 0 Å². The van der Waals surface area contributed by atoms with Gasteiger partial charge in [0.05, 0.1) is 5.92 Å². The summed E-state index contributed by atoms with van der Waals surface area (Å²) < 4.78 is 5.70. The molecule has 0 bridgehead atoms. The second kappa shape index (κ2) is 4.12. The summed E-state index contributed by atoms with van der Waals surface area (Å²) in [6.07, 6.45) is 5.07. The van der Waals surface area contributed by atoms with Crippen LogP contribution in [0.3, 0.4) is 0 Å². The van der Waals surface area contributed by atoms with Gasteiger partial charge in [0.1, 0.15) is 5.60 Å². The maximum atomic E-state index is 11.7. The molecule has 0 aliphatic carbocycles. The number of hydrogen-bond donors (Lipinski definition) is 0. The first kappa shape index (κ1) is 10.9. The first-order valence-electron chi connectivity index (χ1n) is 6.06. The van der Waals surface area contributed by atoms with Gasteiger partial charge in [0, 0.05) is 13.1 Å². The fourth-order valence-electron chi connectivity index (χ4n) is 2.65. The van der Waals surface area contributed by atoms with Crippen molar-refractivity contribution in [1.82, 2.24) is 4.90 Å². The predicted octanol–water partition coefficient (Wildman–Crippen LogP) is 1.81.